The van der Waals surface area contributed by atoms with Gasteiger partial charge in [0.2, 0.25) is 16.4 Å². The van der Waals surface area contributed by atoms with Crippen molar-refractivity contribution >= 4 is 95.7 Å². The molecule has 4 atom stereocenters. The number of aromatic carboxylic acids is 1. The van der Waals surface area contributed by atoms with E-state index in [0.29, 0.717) is 153 Å². The van der Waals surface area contributed by atoms with Gasteiger partial charge in [-0.1, -0.05) is 98.6 Å². The number of carbonyl (C=O) groups is 4. The Morgan fingerprint density at radius 3 is 1.39 bits per heavy atom. The van der Waals surface area contributed by atoms with E-state index in [4.69, 9.17) is 67.5 Å². The molecule has 0 bridgehead atoms. The van der Waals surface area contributed by atoms with Crippen LogP contribution in [0.4, 0.5) is 49.1 Å². The second-order valence-electron chi connectivity index (χ2n) is 24.4. The number of carboxylic acid groups (broad SMARTS) is 1. The van der Waals surface area contributed by atoms with Crippen LogP contribution in [0.2, 0.25) is 0 Å². The Kier molecular flexibility index (Phi) is 40.1. The number of hydrogen-bond donors (Lipinski definition) is 1. The van der Waals surface area contributed by atoms with E-state index in [1.165, 1.54) is 40.9 Å². The third-order valence-corrected chi connectivity index (χ3v) is 19.4. The van der Waals surface area contributed by atoms with Gasteiger partial charge in [0.1, 0.15) is 34.9 Å². The number of nitriles is 1. The Bertz CT molecular complexity index is 4250. The molecule has 2 fully saturated rings. The van der Waals surface area contributed by atoms with E-state index in [2.05, 4.69) is 93.7 Å². The summed E-state index contributed by atoms with van der Waals surface area (Å²) in [4.78, 5) is 60.8. The normalized spacial score (nSPS) is 14.1. The number of likely N-dealkylation sites (N-methyl/N-ethyl adjacent to an activating group) is 2. The van der Waals surface area contributed by atoms with Gasteiger partial charge in [0.05, 0.1) is 158 Å². The van der Waals surface area contributed by atoms with E-state index in [9.17, 15) is 29.5 Å². The maximum atomic E-state index is 12.1. The Hall–Kier alpha value is -9.02. The van der Waals surface area contributed by atoms with Gasteiger partial charge in [0.15, 0.2) is 0 Å². The number of azo groups is 2. The van der Waals surface area contributed by atoms with Crippen LogP contribution in [0.5, 0.6) is 0 Å². The second kappa shape index (κ2) is 49.2. The average molecular weight is 1540 g/mol. The summed E-state index contributed by atoms with van der Waals surface area (Å²) >= 11 is 2.36. The Labute approximate surface area is 667 Å². The molecule has 3 heterocycles. The van der Waals surface area contributed by atoms with Gasteiger partial charge in [-0.2, -0.15) is 25.7 Å². The molecule has 1 aliphatic heterocycles. The second-order valence-corrected chi connectivity index (χ2v) is 26.4. The zero-order valence-corrected chi connectivity index (χ0v) is 66.3. The van der Waals surface area contributed by atoms with Crippen molar-refractivity contribution in [1.29, 1.82) is 5.26 Å². The molecule has 5 aromatic carbocycles. The molecule has 29 heteroatoms. The molecule has 2 aromatic heterocycles. The van der Waals surface area contributed by atoms with E-state index in [1.54, 1.807) is 19.9 Å². The number of thiophene rings is 2. The zero-order chi connectivity index (χ0) is 77.4. The summed E-state index contributed by atoms with van der Waals surface area (Å²) in [5, 5.41) is 48.0. The summed E-state index contributed by atoms with van der Waals surface area (Å²) in [7, 11) is 0. The fraction of sp³-hybridized carbons (Fsp3) is 0.425. The molecule has 0 amide bonds. The summed E-state index contributed by atoms with van der Waals surface area (Å²) in [5.74, 6) is -2.98. The van der Waals surface area contributed by atoms with Gasteiger partial charge in [0, 0.05) is 43.1 Å². The topological polar surface area (TPSA) is 297 Å². The standard InChI is InChI=1S/C40H43N5O8S.C32H39N5O5S.C8H10O3.Na/c1-5-45(31-15-16-34(28(2)25-31)43-44-38-37(42-4)29(3)36(26-41)54-38)27-35(30-11-7-6-8-12-30)52-23-21-50-19-17-49-18-20-51-22-24-53-40(48)33-14-10-9-13-32(33)39(46)47;1-6-37(27-12-13-28(24(2)22-27)35-36-32-30(33-4)25(3)31(34-5)43-32)23-29(26-10-8-7-9-11-26)42-21-20-41-19-18-40-17-16-39-15-14-38;9-7-5-3-1-2-4-6(5)8(10)11-7;/h6-16,25,35H,5,17-24,27H2,1-3H3,(H,46,47);7-13,22,29,38H,6,14-21,23H2,1-3H3;5-6H,1-4H2;/q;;;+1/p-1. The van der Waals surface area contributed by atoms with Crippen LogP contribution >= 0.6 is 22.7 Å². The van der Waals surface area contributed by atoms with Crippen LogP contribution in [-0.4, -0.2) is 161 Å². The van der Waals surface area contributed by atoms with Crippen molar-refractivity contribution in [3.05, 3.63) is 205 Å². The molecule has 2 aliphatic rings. The third kappa shape index (κ3) is 28.1. The Morgan fingerprint density at radius 1 is 0.569 bits per heavy atom. The maximum Gasteiger partial charge on any atom is 1.00 e. The molecule has 0 radical (unpaired) electrons. The molecule has 1 saturated heterocycles. The van der Waals surface area contributed by atoms with Crippen LogP contribution in [0.3, 0.4) is 0 Å². The van der Waals surface area contributed by atoms with E-state index in [0.717, 1.165) is 72.4 Å². The number of rotatable bonds is 41. The van der Waals surface area contributed by atoms with Crippen LogP contribution in [0.1, 0.15) is 111 Å². The fourth-order valence-electron chi connectivity index (χ4n) is 11.5. The first-order valence-electron chi connectivity index (χ1n) is 35.5. The minimum absolute atomic E-state index is 0. The molecule has 1 saturated carbocycles. The predicted molar refractivity (Wildman–Crippen MR) is 408 cm³/mol. The van der Waals surface area contributed by atoms with Gasteiger partial charge in [0.25, 0.3) is 0 Å². The van der Waals surface area contributed by atoms with Crippen molar-refractivity contribution in [2.75, 3.05) is 142 Å². The summed E-state index contributed by atoms with van der Waals surface area (Å²) < 4.78 is 55.3. The molecule has 26 nitrogen and oxygen atoms in total. The molecule has 1 N–H and O–H groups in total. The molecule has 7 aromatic rings. The number of aryl methyl sites for hydroxylation is 2. The number of aliphatic hydroxyl groups excluding tert-OH is 1. The van der Waals surface area contributed by atoms with Gasteiger partial charge >= 0.3 is 47.5 Å². The molecule has 109 heavy (non-hydrogen) atoms. The monoisotopic (exact) mass is 1530 g/mol. The number of ether oxygens (including phenoxy) is 10. The van der Waals surface area contributed by atoms with Gasteiger partial charge in [-0.05, 0) is 123 Å². The molecule has 4 unspecified atom stereocenters. The molecule has 0 spiro atoms. The van der Waals surface area contributed by atoms with Crippen molar-refractivity contribution in [3.63, 3.8) is 0 Å². The van der Waals surface area contributed by atoms with Crippen LogP contribution in [0.15, 0.2) is 142 Å². The number of aliphatic hydroxyl groups is 1. The molecular weight excluding hydrogens is 1440 g/mol. The van der Waals surface area contributed by atoms with Crippen molar-refractivity contribution in [2.45, 2.75) is 79.4 Å². The summed E-state index contributed by atoms with van der Waals surface area (Å²) in [6.07, 6.45) is 3.43. The largest absolute Gasteiger partial charge is 1.00 e. The number of cyclic esters (lactones) is 2. The van der Waals surface area contributed by atoms with Gasteiger partial charge in [-0.25, -0.2) is 19.3 Å². The fourth-order valence-corrected chi connectivity index (χ4v) is 13.2. The summed E-state index contributed by atoms with van der Waals surface area (Å²) in [5.41, 5.74) is 9.21. The Balaban J connectivity index is 0.000000300. The number of fused-ring (bicyclic) bond motifs is 1. The van der Waals surface area contributed by atoms with E-state index in [-0.39, 0.29) is 96.5 Å². The van der Waals surface area contributed by atoms with Crippen LogP contribution in [0.25, 0.3) is 14.5 Å². The third-order valence-electron chi connectivity index (χ3n) is 17.3. The minimum Gasteiger partial charge on any atom is -0.545 e. The first-order chi connectivity index (χ1) is 52.6. The summed E-state index contributed by atoms with van der Waals surface area (Å²) in [6, 6.07) is 40.0. The van der Waals surface area contributed by atoms with E-state index < -0.39 is 11.9 Å². The maximum absolute atomic E-state index is 12.1. The zero-order valence-electron chi connectivity index (χ0n) is 62.7. The quantitative estimate of drug-likeness (QED) is 0.00930. The molecular formula is C80H91N10NaO16S2. The first kappa shape index (κ1) is 88.9. The number of carboxylic acids is 1. The Morgan fingerprint density at radius 2 is 0.982 bits per heavy atom. The van der Waals surface area contributed by atoms with Gasteiger partial charge < -0.3 is 72.2 Å². The number of nitrogens with zero attached hydrogens (tertiary/aromatic N) is 10. The predicted octanol–water partition coefficient (Wildman–Crippen LogP) is 12.4. The SMILES string of the molecule is O=C1OC(=O)C2CCCCC12.[C-]#[N+]c1c(N=Nc2ccc(N(CC)CC(OCCOCCOCCOCCOC(=O)c3ccccc3C(=O)[O-])c3ccccc3)cc2C)sc(C#N)c1C.[C-]#[N+]c1sc(N=Nc2ccc(N(CC)CC(OCCOCCOCCOCCO)c3ccccc3)cc2C)c([N+]#[C-])c1C.[Na+]. The van der Waals surface area contributed by atoms with Crippen molar-refractivity contribution in [2.24, 2.45) is 32.3 Å². The van der Waals surface area contributed by atoms with Crippen LogP contribution < -0.4 is 44.5 Å². The number of carbonyl (C=O) groups excluding carboxylic acids is 4. The number of esters is 3. The van der Waals surface area contributed by atoms with Crippen molar-refractivity contribution in [1.82, 2.24) is 0 Å². The minimum atomic E-state index is -1.44. The smallest absolute Gasteiger partial charge is 0.545 e. The average Bonchev–Trinajstić information content (AvgIpc) is 1.27. The molecule has 1 aliphatic carbocycles. The van der Waals surface area contributed by atoms with E-state index >= 15 is 0 Å². The van der Waals surface area contributed by atoms with Gasteiger partial charge in [-0.3, -0.25) is 9.59 Å². The molecule has 9 rings (SSSR count). The van der Waals surface area contributed by atoms with Crippen LogP contribution in [0, 0.1) is 70.6 Å². The van der Waals surface area contributed by atoms with Crippen molar-refractivity contribution < 1.29 is 106 Å². The number of hydrogen-bond acceptors (Lipinski definition) is 25. The van der Waals surface area contributed by atoms with Crippen LogP contribution in [-0.2, 0) is 57.0 Å². The van der Waals surface area contributed by atoms with Crippen molar-refractivity contribution in [3.8, 4) is 6.07 Å². The van der Waals surface area contributed by atoms with Gasteiger partial charge in [-0.15, -0.1) is 22.7 Å². The van der Waals surface area contributed by atoms with E-state index in [1.807, 2.05) is 86.6 Å². The first-order valence-corrected chi connectivity index (χ1v) is 37.2. The number of anilines is 2. The molecule has 570 valence electrons. The summed E-state index contributed by atoms with van der Waals surface area (Å²) in [6.45, 7) is 42.0. The number of benzene rings is 5.